The summed E-state index contributed by atoms with van der Waals surface area (Å²) in [4.78, 5) is 0. The molecule has 0 fully saturated rings. The molecule has 0 bridgehead atoms. The quantitative estimate of drug-likeness (QED) is 0.798. The molecule has 1 atom stereocenters. The third-order valence-electron chi connectivity index (χ3n) is 2.35. The first kappa shape index (κ1) is 13.1. The number of halogens is 1. The summed E-state index contributed by atoms with van der Waals surface area (Å²) in [6, 6.07) is 8.81. The van der Waals surface area contributed by atoms with Crippen molar-refractivity contribution in [2.75, 3.05) is 18.6 Å². The van der Waals surface area contributed by atoms with Crippen molar-refractivity contribution >= 4 is 27.7 Å². The lowest BCUT2D eigenvalue weighted by atomic mass is 10.1. The molecule has 0 aromatic heterocycles. The van der Waals surface area contributed by atoms with Crippen molar-refractivity contribution < 1.29 is 0 Å². The Balaban J connectivity index is 2.40. The van der Waals surface area contributed by atoms with E-state index in [4.69, 9.17) is 0 Å². The van der Waals surface area contributed by atoms with Crippen LogP contribution in [-0.2, 0) is 0 Å². The fourth-order valence-electron chi connectivity index (χ4n) is 1.47. The summed E-state index contributed by atoms with van der Waals surface area (Å²) < 4.78 is 1.19. The molecule has 0 spiro atoms. The lowest BCUT2D eigenvalue weighted by molar-refractivity contribution is 0.571. The first-order chi connectivity index (χ1) is 7.25. The van der Waals surface area contributed by atoms with Gasteiger partial charge in [0, 0.05) is 10.5 Å². The second kappa shape index (κ2) is 7.31. The minimum Gasteiger partial charge on any atom is -0.310 e. The number of hydrogen-bond acceptors (Lipinski definition) is 2. The van der Waals surface area contributed by atoms with Crippen molar-refractivity contribution in [3.05, 3.63) is 34.3 Å². The number of benzene rings is 1. The predicted octanol–water partition coefficient (Wildman–Crippen LogP) is 3.85. The summed E-state index contributed by atoms with van der Waals surface area (Å²) >= 11 is 5.48. The van der Waals surface area contributed by atoms with E-state index in [1.165, 1.54) is 22.2 Å². The fraction of sp³-hybridized carbons (Fsp3) is 0.500. The van der Waals surface area contributed by atoms with E-state index in [-0.39, 0.29) is 0 Å². The zero-order chi connectivity index (χ0) is 11.1. The van der Waals surface area contributed by atoms with Gasteiger partial charge in [-0.25, -0.2) is 0 Å². The molecule has 0 heterocycles. The topological polar surface area (TPSA) is 12.0 Å². The van der Waals surface area contributed by atoms with Gasteiger partial charge in [0.1, 0.15) is 0 Å². The van der Waals surface area contributed by atoms with Crippen molar-refractivity contribution in [3.8, 4) is 0 Å². The molecule has 0 aliphatic heterocycles. The van der Waals surface area contributed by atoms with Crippen LogP contribution in [0.5, 0.6) is 0 Å². The van der Waals surface area contributed by atoms with Crippen LogP contribution in [0.3, 0.4) is 0 Å². The van der Waals surface area contributed by atoms with Gasteiger partial charge in [0.25, 0.3) is 0 Å². The van der Waals surface area contributed by atoms with Gasteiger partial charge in [-0.3, -0.25) is 0 Å². The van der Waals surface area contributed by atoms with E-state index in [2.05, 4.69) is 52.6 Å². The Morgan fingerprint density at radius 2 is 2.13 bits per heavy atom. The molecule has 1 rings (SSSR count). The van der Waals surface area contributed by atoms with Gasteiger partial charge in [0.05, 0.1) is 0 Å². The van der Waals surface area contributed by atoms with Crippen molar-refractivity contribution in [2.45, 2.75) is 19.4 Å². The van der Waals surface area contributed by atoms with Crippen LogP contribution < -0.4 is 5.32 Å². The number of thioether (sulfide) groups is 1. The Morgan fingerprint density at radius 3 is 2.80 bits per heavy atom. The standard InChI is InChI=1S/C12H18BrNS/c1-10(14-8-5-9-15-2)11-6-3-4-7-12(11)13/h3-4,6-7,10,14H,5,8-9H2,1-2H3/t10-/m0/s1. The SMILES string of the molecule is CSCCCN[C@@H](C)c1ccccc1Br. The molecule has 0 aliphatic carbocycles. The Kier molecular flexibility index (Phi) is 6.37. The van der Waals surface area contributed by atoms with E-state index in [0.29, 0.717) is 6.04 Å². The molecule has 3 heteroatoms. The second-order valence-corrected chi connectivity index (χ2v) is 5.38. The predicted molar refractivity (Wildman–Crippen MR) is 73.6 cm³/mol. The molecule has 0 amide bonds. The fourth-order valence-corrected chi connectivity index (χ4v) is 2.53. The summed E-state index contributed by atoms with van der Waals surface area (Å²) in [5.74, 6) is 1.23. The van der Waals surface area contributed by atoms with Gasteiger partial charge in [0.15, 0.2) is 0 Å². The summed E-state index contributed by atoms with van der Waals surface area (Å²) in [5.41, 5.74) is 1.33. The van der Waals surface area contributed by atoms with Crippen LogP contribution in [0.1, 0.15) is 24.9 Å². The van der Waals surface area contributed by atoms with Gasteiger partial charge >= 0.3 is 0 Å². The second-order valence-electron chi connectivity index (χ2n) is 3.54. The molecule has 15 heavy (non-hydrogen) atoms. The monoisotopic (exact) mass is 287 g/mol. The average Bonchev–Trinajstić information content (AvgIpc) is 2.25. The Hall–Kier alpha value is 0.01000. The highest BCUT2D eigenvalue weighted by atomic mass is 79.9. The van der Waals surface area contributed by atoms with Crippen molar-refractivity contribution in [1.82, 2.24) is 5.32 Å². The van der Waals surface area contributed by atoms with Crippen LogP contribution in [0.2, 0.25) is 0 Å². The molecule has 1 nitrogen and oxygen atoms in total. The molecule has 0 saturated carbocycles. The summed E-state index contributed by atoms with van der Waals surface area (Å²) in [7, 11) is 0. The van der Waals surface area contributed by atoms with E-state index in [1.807, 2.05) is 17.8 Å². The smallest absolute Gasteiger partial charge is 0.0302 e. The van der Waals surface area contributed by atoms with Gasteiger partial charge in [-0.1, -0.05) is 34.1 Å². The van der Waals surface area contributed by atoms with Gasteiger partial charge in [-0.05, 0) is 43.5 Å². The van der Waals surface area contributed by atoms with Crippen LogP contribution in [0.25, 0.3) is 0 Å². The molecule has 0 radical (unpaired) electrons. The Bertz CT molecular complexity index is 291. The molecule has 1 N–H and O–H groups in total. The maximum atomic E-state index is 3.58. The third kappa shape index (κ3) is 4.58. The largest absolute Gasteiger partial charge is 0.310 e. The van der Waals surface area contributed by atoms with Gasteiger partial charge < -0.3 is 5.32 Å². The molecular formula is C12H18BrNS. The highest BCUT2D eigenvalue weighted by molar-refractivity contribution is 9.10. The number of nitrogens with one attached hydrogen (secondary N) is 1. The van der Waals surface area contributed by atoms with Crippen LogP contribution >= 0.6 is 27.7 Å². The molecule has 0 unspecified atom stereocenters. The summed E-state index contributed by atoms with van der Waals surface area (Å²) in [6.07, 6.45) is 3.38. The maximum Gasteiger partial charge on any atom is 0.0302 e. The van der Waals surface area contributed by atoms with E-state index in [9.17, 15) is 0 Å². The van der Waals surface area contributed by atoms with Crippen LogP contribution in [0, 0.1) is 0 Å². The van der Waals surface area contributed by atoms with Crippen molar-refractivity contribution in [2.24, 2.45) is 0 Å². The minimum absolute atomic E-state index is 0.419. The first-order valence-electron chi connectivity index (χ1n) is 5.22. The van der Waals surface area contributed by atoms with Gasteiger partial charge in [-0.2, -0.15) is 11.8 Å². The molecular weight excluding hydrogens is 270 g/mol. The molecule has 1 aromatic carbocycles. The lowest BCUT2D eigenvalue weighted by Crippen LogP contribution is -2.20. The number of rotatable bonds is 6. The van der Waals surface area contributed by atoms with Crippen LogP contribution in [-0.4, -0.2) is 18.6 Å². The van der Waals surface area contributed by atoms with E-state index in [1.54, 1.807) is 0 Å². The van der Waals surface area contributed by atoms with E-state index in [0.717, 1.165) is 6.54 Å². The summed E-state index contributed by atoms with van der Waals surface area (Å²) in [6.45, 7) is 3.29. The first-order valence-corrected chi connectivity index (χ1v) is 7.41. The minimum atomic E-state index is 0.419. The normalized spacial score (nSPS) is 12.7. The van der Waals surface area contributed by atoms with Gasteiger partial charge in [0.2, 0.25) is 0 Å². The van der Waals surface area contributed by atoms with E-state index < -0.39 is 0 Å². The zero-order valence-electron chi connectivity index (χ0n) is 9.29. The van der Waals surface area contributed by atoms with E-state index >= 15 is 0 Å². The summed E-state index contributed by atoms with van der Waals surface area (Å²) in [5, 5.41) is 3.53. The average molecular weight is 288 g/mol. The van der Waals surface area contributed by atoms with Crippen LogP contribution in [0.15, 0.2) is 28.7 Å². The lowest BCUT2D eigenvalue weighted by Gasteiger charge is -2.15. The highest BCUT2D eigenvalue weighted by Crippen LogP contribution is 2.22. The molecule has 0 aliphatic rings. The zero-order valence-corrected chi connectivity index (χ0v) is 11.7. The van der Waals surface area contributed by atoms with Crippen LogP contribution in [0.4, 0.5) is 0 Å². The highest BCUT2D eigenvalue weighted by Gasteiger charge is 2.06. The van der Waals surface area contributed by atoms with Gasteiger partial charge in [-0.15, -0.1) is 0 Å². The maximum absolute atomic E-state index is 3.58. The third-order valence-corrected chi connectivity index (χ3v) is 3.77. The molecule has 84 valence electrons. The molecule has 0 saturated heterocycles. The Morgan fingerprint density at radius 1 is 1.40 bits per heavy atom. The van der Waals surface area contributed by atoms with Crippen molar-refractivity contribution in [3.63, 3.8) is 0 Å². The molecule has 1 aromatic rings. The van der Waals surface area contributed by atoms with Crippen molar-refractivity contribution in [1.29, 1.82) is 0 Å². The number of hydrogen-bond donors (Lipinski definition) is 1. The Labute approximate surface area is 105 Å².